The number of pyridine rings is 1. The van der Waals surface area contributed by atoms with E-state index in [1.165, 1.54) is 17.3 Å². The lowest BCUT2D eigenvalue weighted by Crippen LogP contribution is -1.91. The molecule has 0 spiro atoms. The van der Waals surface area contributed by atoms with Crippen molar-refractivity contribution >= 4 is 11.8 Å². The second-order valence-electron chi connectivity index (χ2n) is 4.13. The first kappa shape index (κ1) is 13.4. The molecule has 1 heterocycles. The van der Waals surface area contributed by atoms with Crippen molar-refractivity contribution in [2.45, 2.75) is 11.9 Å². The summed E-state index contributed by atoms with van der Waals surface area (Å²) in [5.74, 6) is 0.749. The molecule has 1 aromatic heterocycles. The molecule has 3 heteroatoms. The molecule has 0 atom stereocenters. The van der Waals surface area contributed by atoms with Crippen LogP contribution in [-0.2, 0) is 0 Å². The van der Waals surface area contributed by atoms with E-state index in [2.05, 4.69) is 36.7 Å². The average molecular weight is 266 g/mol. The molecule has 0 saturated heterocycles. The molecule has 0 unspecified atom stereocenters. The van der Waals surface area contributed by atoms with E-state index in [-0.39, 0.29) is 0 Å². The lowest BCUT2D eigenvalue weighted by Gasteiger charge is -2.06. The third-order valence-corrected chi connectivity index (χ3v) is 3.65. The molecule has 0 N–H and O–H groups in total. The van der Waals surface area contributed by atoms with Gasteiger partial charge in [0.15, 0.2) is 0 Å². The van der Waals surface area contributed by atoms with E-state index in [1.807, 2.05) is 30.3 Å². The molecule has 0 saturated carbocycles. The van der Waals surface area contributed by atoms with Crippen LogP contribution in [0.2, 0.25) is 0 Å². The van der Waals surface area contributed by atoms with Gasteiger partial charge in [0.05, 0.1) is 11.3 Å². The van der Waals surface area contributed by atoms with Gasteiger partial charge in [-0.15, -0.1) is 18.3 Å². The van der Waals surface area contributed by atoms with E-state index in [1.54, 1.807) is 0 Å². The molecule has 19 heavy (non-hydrogen) atoms. The van der Waals surface area contributed by atoms with Gasteiger partial charge >= 0.3 is 0 Å². The molecule has 1 aromatic carbocycles. The van der Waals surface area contributed by atoms with Gasteiger partial charge in [0.25, 0.3) is 0 Å². The maximum absolute atomic E-state index is 9.09. The number of thioether (sulfide) groups is 1. The van der Waals surface area contributed by atoms with Crippen molar-refractivity contribution < 1.29 is 0 Å². The molecular formula is C16H14N2S. The topological polar surface area (TPSA) is 36.7 Å². The molecule has 94 valence electrons. The Bertz CT molecular complexity index is 624. The van der Waals surface area contributed by atoms with Crippen molar-refractivity contribution in [2.24, 2.45) is 0 Å². The molecule has 0 aliphatic rings. The lowest BCUT2D eigenvalue weighted by molar-refractivity contribution is 1.12. The summed E-state index contributed by atoms with van der Waals surface area (Å²) in [6.45, 7) is 5.75. The summed E-state index contributed by atoms with van der Waals surface area (Å²) in [5.41, 5.74) is 3.79. The predicted octanol–water partition coefficient (Wildman–Crippen LogP) is 4.21. The Hall–Kier alpha value is -2.05. The molecule has 0 aliphatic heterocycles. The minimum absolute atomic E-state index is 0.614. The van der Waals surface area contributed by atoms with Crippen LogP contribution in [-0.4, -0.2) is 10.7 Å². The van der Waals surface area contributed by atoms with Crippen molar-refractivity contribution in [3.05, 3.63) is 60.2 Å². The second kappa shape index (κ2) is 6.21. The van der Waals surface area contributed by atoms with E-state index in [0.717, 1.165) is 22.0 Å². The van der Waals surface area contributed by atoms with E-state index < -0.39 is 0 Å². The molecule has 0 amide bonds. The third-order valence-electron chi connectivity index (χ3n) is 2.67. The Morgan fingerprint density at radius 2 is 2.00 bits per heavy atom. The first-order chi connectivity index (χ1) is 9.24. The quantitative estimate of drug-likeness (QED) is 0.614. The molecule has 0 fully saturated rings. The third kappa shape index (κ3) is 3.24. The number of nitriles is 1. The summed E-state index contributed by atoms with van der Waals surface area (Å²) in [7, 11) is 0. The number of hydrogen-bond acceptors (Lipinski definition) is 3. The highest BCUT2D eigenvalue weighted by molar-refractivity contribution is 7.99. The molecule has 2 rings (SSSR count). The van der Waals surface area contributed by atoms with Crippen molar-refractivity contribution in [1.29, 1.82) is 5.26 Å². The van der Waals surface area contributed by atoms with E-state index in [4.69, 9.17) is 5.26 Å². The van der Waals surface area contributed by atoms with Crippen LogP contribution in [0.4, 0.5) is 0 Å². The summed E-state index contributed by atoms with van der Waals surface area (Å²) < 4.78 is 0. The van der Waals surface area contributed by atoms with Crippen LogP contribution in [0, 0.1) is 18.3 Å². The van der Waals surface area contributed by atoms with E-state index >= 15 is 0 Å². The SMILES string of the molecule is C=CCSc1nc(-c2ccc(C)cc2)ccc1C#N. The Labute approximate surface area is 117 Å². The Kier molecular flexibility index (Phi) is 4.38. The van der Waals surface area contributed by atoms with Gasteiger partial charge < -0.3 is 0 Å². The summed E-state index contributed by atoms with van der Waals surface area (Å²) in [6.07, 6.45) is 1.81. The molecular weight excluding hydrogens is 252 g/mol. The van der Waals surface area contributed by atoms with Crippen molar-refractivity contribution in [1.82, 2.24) is 4.98 Å². The number of aryl methyl sites for hydroxylation is 1. The Morgan fingerprint density at radius 3 is 2.63 bits per heavy atom. The minimum Gasteiger partial charge on any atom is -0.240 e. The molecule has 2 nitrogen and oxygen atoms in total. The van der Waals surface area contributed by atoms with Crippen molar-refractivity contribution in [3.8, 4) is 17.3 Å². The Morgan fingerprint density at radius 1 is 1.26 bits per heavy atom. The predicted molar refractivity (Wildman–Crippen MR) is 80.0 cm³/mol. The smallest absolute Gasteiger partial charge is 0.115 e. The largest absolute Gasteiger partial charge is 0.240 e. The van der Waals surface area contributed by atoms with Crippen molar-refractivity contribution in [2.75, 3.05) is 5.75 Å². The molecule has 0 bridgehead atoms. The van der Waals surface area contributed by atoms with Crippen LogP contribution in [0.5, 0.6) is 0 Å². The standard InChI is InChI=1S/C16H14N2S/c1-3-10-19-16-14(11-17)8-9-15(18-16)13-6-4-12(2)5-7-13/h3-9H,1,10H2,2H3. The highest BCUT2D eigenvalue weighted by Gasteiger charge is 2.07. The average Bonchev–Trinajstić information content (AvgIpc) is 2.45. The zero-order valence-electron chi connectivity index (χ0n) is 10.8. The molecule has 2 aromatic rings. The fourth-order valence-corrected chi connectivity index (χ4v) is 2.37. The van der Waals surface area contributed by atoms with Gasteiger partial charge in [0, 0.05) is 11.3 Å². The fourth-order valence-electron chi connectivity index (χ4n) is 1.66. The summed E-state index contributed by atoms with van der Waals surface area (Å²) in [4.78, 5) is 4.57. The van der Waals surface area contributed by atoms with E-state index in [9.17, 15) is 0 Å². The highest BCUT2D eigenvalue weighted by Crippen LogP contribution is 2.25. The maximum Gasteiger partial charge on any atom is 0.115 e. The van der Waals surface area contributed by atoms with Crippen LogP contribution in [0.3, 0.4) is 0 Å². The fraction of sp³-hybridized carbons (Fsp3) is 0.125. The number of nitrogens with zero attached hydrogens (tertiary/aromatic N) is 2. The van der Waals surface area contributed by atoms with Gasteiger partial charge in [-0.05, 0) is 19.1 Å². The van der Waals surface area contributed by atoms with Crippen molar-refractivity contribution in [3.63, 3.8) is 0 Å². The minimum atomic E-state index is 0.614. The van der Waals surface area contributed by atoms with Gasteiger partial charge in [0.2, 0.25) is 0 Å². The van der Waals surface area contributed by atoms with E-state index in [0.29, 0.717) is 5.56 Å². The zero-order valence-corrected chi connectivity index (χ0v) is 11.6. The van der Waals surface area contributed by atoms with Gasteiger partial charge in [-0.1, -0.05) is 35.9 Å². The van der Waals surface area contributed by atoms with Crippen LogP contribution >= 0.6 is 11.8 Å². The van der Waals surface area contributed by atoms with Gasteiger partial charge in [0.1, 0.15) is 11.1 Å². The van der Waals surface area contributed by atoms with Gasteiger partial charge in [-0.2, -0.15) is 5.26 Å². The number of hydrogen-bond donors (Lipinski definition) is 0. The number of benzene rings is 1. The van der Waals surface area contributed by atoms with Crippen LogP contribution in [0.15, 0.2) is 54.1 Å². The summed E-state index contributed by atoms with van der Waals surface area (Å²) in [6, 6.07) is 14.1. The lowest BCUT2D eigenvalue weighted by atomic mass is 10.1. The van der Waals surface area contributed by atoms with Gasteiger partial charge in [-0.25, -0.2) is 4.98 Å². The summed E-state index contributed by atoms with van der Waals surface area (Å²) in [5, 5.41) is 9.85. The molecule has 0 aliphatic carbocycles. The van der Waals surface area contributed by atoms with Gasteiger partial charge in [-0.3, -0.25) is 0 Å². The monoisotopic (exact) mass is 266 g/mol. The first-order valence-electron chi connectivity index (χ1n) is 5.96. The number of rotatable bonds is 4. The normalized spacial score (nSPS) is 9.89. The first-order valence-corrected chi connectivity index (χ1v) is 6.95. The Balaban J connectivity index is 2.39. The van der Waals surface area contributed by atoms with Crippen LogP contribution < -0.4 is 0 Å². The second-order valence-corrected chi connectivity index (χ2v) is 5.14. The zero-order chi connectivity index (χ0) is 13.7. The molecule has 0 radical (unpaired) electrons. The van der Waals surface area contributed by atoms with Crippen LogP contribution in [0.25, 0.3) is 11.3 Å². The highest BCUT2D eigenvalue weighted by atomic mass is 32.2. The number of aromatic nitrogens is 1. The summed E-state index contributed by atoms with van der Waals surface area (Å²) >= 11 is 1.53. The maximum atomic E-state index is 9.09. The van der Waals surface area contributed by atoms with Crippen LogP contribution in [0.1, 0.15) is 11.1 Å².